The molecule has 142 valence electrons. The fraction of sp³-hybridized carbons (Fsp3) is 0.667. The molecule has 1 aromatic carbocycles. The lowest BCUT2D eigenvalue weighted by Gasteiger charge is -2.28. The van der Waals surface area contributed by atoms with Crippen molar-refractivity contribution in [1.29, 1.82) is 0 Å². The minimum absolute atomic E-state index is 0.0300. The molecule has 0 heterocycles. The Morgan fingerprint density at radius 1 is 0.960 bits per heavy atom. The zero-order chi connectivity index (χ0) is 18.5. The van der Waals surface area contributed by atoms with Gasteiger partial charge in [-0.1, -0.05) is 56.9 Å². The third-order valence-electron chi connectivity index (χ3n) is 4.91. The summed E-state index contributed by atoms with van der Waals surface area (Å²) in [5.74, 6) is 0.219. The van der Waals surface area contributed by atoms with Crippen LogP contribution in [0.2, 0.25) is 0 Å². The quantitative estimate of drug-likeness (QED) is 0.354. The minimum Gasteiger partial charge on any atom is -0.396 e. The molecule has 0 amide bonds. The highest BCUT2D eigenvalue weighted by molar-refractivity contribution is 5.96. The maximum Gasteiger partial charge on any atom is 0.162 e. The molecular weight excluding hydrogens is 314 g/mol. The van der Waals surface area contributed by atoms with Crippen molar-refractivity contribution in [2.24, 2.45) is 5.73 Å². The van der Waals surface area contributed by atoms with E-state index < -0.39 is 5.54 Å². The highest BCUT2D eigenvalue weighted by Gasteiger charge is 2.23. The molecule has 25 heavy (non-hydrogen) atoms. The molecule has 4 nitrogen and oxygen atoms in total. The minimum atomic E-state index is -0.531. The number of aliphatic hydroxyl groups excluding tert-OH is 2. The van der Waals surface area contributed by atoms with E-state index in [2.05, 4.69) is 6.92 Å². The average molecular weight is 350 g/mol. The van der Waals surface area contributed by atoms with Gasteiger partial charge in [0.1, 0.15) is 0 Å². The van der Waals surface area contributed by atoms with Crippen molar-refractivity contribution in [3.63, 3.8) is 0 Å². The maximum absolute atomic E-state index is 12.2. The van der Waals surface area contributed by atoms with Gasteiger partial charge in [0.05, 0.1) is 0 Å². The van der Waals surface area contributed by atoms with Crippen LogP contribution in [0.15, 0.2) is 24.3 Å². The fourth-order valence-electron chi connectivity index (χ4n) is 3.10. The van der Waals surface area contributed by atoms with Crippen molar-refractivity contribution >= 4 is 5.78 Å². The maximum atomic E-state index is 12.2. The number of unbranched alkanes of at least 4 members (excludes halogenated alkanes) is 4. The molecule has 4 N–H and O–H groups in total. The summed E-state index contributed by atoms with van der Waals surface area (Å²) < 4.78 is 0. The number of nitrogens with two attached hydrogens (primary N) is 1. The van der Waals surface area contributed by atoms with Crippen LogP contribution < -0.4 is 5.73 Å². The lowest BCUT2D eigenvalue weighted by Crippen LogP contribution is -2.42. The Morgan fingerprint density at radius 3 is 2.12 bits per heavy atom. The van der Waals surface area contributed by atoms with Crippen LogP contribution >= 0.6 is 0 Å². The van der Waals surface area contributed by atoms with Crippen LogP contribution in [0.25, 0.3) is 0 Å². The lowest BCUT2D eigenvalue weighted by molar-refractivity contribution is 0.0979. The van der Waals surface area contributed by atoms with Gasteiger partial charge in [-0.25, -0.2) is 0 Å². The molecule has 0 aliphatic rings. The molecule has 0 aliphatic heterocycles. The Balaban J connectivity index is 2.45. The van der Waals surface area contributed by atoms with E-state index in [1.54, 1.807) is 0 Å². The van der Waals surface area contributed by atoms with Crippen molar-refractivity contribution in [3.05, 3.63) is 35.4 Å². The van der Waals surface area contributed by atoms with Crippen LogP contribution in [0.5, 0.6) is 0 Å². The van der Waals surface area contributed by atoms with E-state index in [1.165, 1.54) is 19.3 Å². The van der Waals surface area contributed by atoms with E-state index in [0.717, 1.165) is 30.4 Å². The number of Topliss-reactive ketones (excluding diaryl/α,β-unsaturated/α-hetero) is 1. The largest absolute Gasteiger partial charge is 0.396 e. The third-order valence-corrected chi connectivity index (χ3v) is 4.91. The second kappa shape index (κ2) is 12.2. The normalized spacial score (nSPS) is 11.7. The van der Waals surface area contributed by atoms with Crippen LogP contribution in [0, 0.1) is 0 Å². The van der Waals surface area contributed by atoms with Crippen LogP contribution in [-0.4, -0.2) is 34.7 Å². The van der Waals surface area contributed by atoms with Gasteiger partial charge in [-0.2, -0.15) is 0 Å². The summed E-state index contributed by atoms with van der Waals surface area (Å²) in [6, 6.07) is 7.78. The Kier molecular flexibility index (Phi) is 10.6. The van der Waals surface area contributed by atoms with Crippen LogP contribution in [0.1, 0.15) is 80.6 Å². The number of aryl methyl sites for hydroxylation is 1. The highest BCUT2D eigenvalue weighted by Crippen LogP contribution is 2.20. The van der Waals surface area contributed by atoms with Gasteiger partial charge in [-0.05, 0) is 37.7 Å². The molecule has 0 spiro atoms. The van der Waals surface area contributed by atoms with E-state index in [4.69, 9.17) is 15.9 Å². The summed E-state index contributed by atoms with van der Waals surface area (Å²) in [5, 5.41) is 18.3. The predicted octanol–water partition coefficient (Wildman–Crippen LogP) is 3.62. The van der Waals surface area contributed by atoms with E-state index >= 15 is 0 Å². The fourth-order valence-corrected chi connectivity index (χ4v) is 3.10. The number of rotatable bonds is 14. The lowest BCUT2D eigenvalue weighted by atomic mass is 9.86. The summed E-state index contributed by atoms with van der Waals surface area (Å²) in [4.78, 5) is 12.2. The molecule has 0 radical (unpaired) electrons. The first-order valence-electron chi connectivity index (χ1n) is 9.67. The van der Waals surface area contributed by atoms with Gasteiger partial charge >= 0.3 is 0 Å². The Bertz CT molecular complexity index is 478. The van der Waals surface area contributed by atoms with Crippen LogP contribution in [0.4, 0.5) is 0 Å². The van der Waals surface area contributed by atoms with Gasteiger partial charge in [0.15, 0.2) is 5.78 Å². The van der Waals surface area contributed by atoms with Gasteiger partial charge in [-0.15, -0.1) is 0 Å². The molecule has 0 aromatic heterocycles. The Morgan fingerprint density at radius 2 is 1.56 bits per heavy atom. The van der Waals surface area contributed by atoms with Crippen molar-refractivity contribution in [2.75, 3.05) is 13.2 Å². The molecule has 0 aliphatic carbocycles. The summed E-state index contributed by atoms with van der Waals surface area (Å²) in [6.45, 7) is 2.25. The number of hydrogen-bond acceptors (Lipinski definition) is 4. The Hall–Kier alpha value is -1.23. The third kappa shape index (κ3) is 8.61. The first kappa shape index (κ1) is 21.8. The first-order chi connectivity index (χ1) is 12.0. The predicted molar refractivity (Wildman–Crippen MR) is 103 cm³/mol. The SMILES string of the molecule is CCCCCCCC(=O)c1ccc(CCC(N)(CCO)CCO)cc1. The Labute approximate surface area is 152 Å². The van der Waals surface area contributed by atoms with Gasteiger partial charge in [0.2, 0.25) is 0 Å². The topological polar surface area (TPSA) is 83.6 Å². The monoisotopic (exact) mass is 349 g/mol. The summed E-state index contributed by atoms with van der Waals surface area (Å²) >= 11 is 0. The van der Waals surface area contributed by atoms with Gasteiger partial charge in [0, 0.05) is 30.7 Å². The van der Waals surface area contributed by atoms with Crippen molar-refractivity contribution < 1.29 is 15.0 Å². The second-order valence-electron chi connectivity index (χ2n) is 7.09. The average Bonchev–Trinajstić information content (AvgIpc) is 2.60. The van der Waals surface area contributed by atoms with E-state index in [-0.39, 0.29) is 19.0 Å². The standard InChI is InChI=1S/C21H35NO3/c1-2-3-4-5-6-7-20(25)19-10-8-18(9-11-19)12-13-21(22,14-16-23)15-17-24/h8-11,23-24H,2-7,12-17,22H2,1H3. The van der Waals surface area contributed by atoms with E-state index in [1.807, 2.05) is 24.3 Å². The van der Waals surface area contributed by atoms with Crippen LogP contribution in [-0.2, 0) is 6.42 Å². The number of ketones is 1. The van der Waals surface area contributed by atoms with Gasteiger partial charge < -0.3 is 15.9 Å². The van der Waals surface area contributed by atoms with Crippen LogP contribution in [0.3, 0.4) is 0 Å². The molecule has 0 saturated carbocycles. The molecule has 0 saturated heterocycles. The summed E-state index contributed by atoms with van der Waals surface area (Å²) in [5.41, 5.74) is 7.64. The van der Waals surface area contributed by atoms with Gasteiger partial charge in [0.25, 0.3) is 0 Å². The first-order valence-corrected chi connectivity index (χ1v) is 9.67. The zero-order valence-corrected chi connectivity index (χ0v) is 15.7. The molecule has 0 bridgehead atoms. The molecule has 0 atom stereocenters. The summed E-state index contributed by atoms with van der Waals surface area (Å²) in [6.07, 6.45) is 8.87. The number of benzene rings is 1. The van der Waals surface area contributed by atoms with E-state index in [9.17, 15) is 4.79 Å². The van der Waals surface area contributed by atoms with Crippen molar-refractivity contribution in [2.45, 2.75) is 76.7 Å². The number of carbonyl (C=O) groups is 1. The zero-order valence-electron chi connectivity index (χ0n) is 15.7. The molecule has 1 rings (SSSR count). The van der Waals surface area contributed by atoms with Crippen molar-refractivity contribution in [3.8, 4) is 0 Å². The smallest absolute Gasteiger partial charge is 0.162 e. The molecule has 0 unspecified atom stereocenters. The second-order valence-corrected chi connectivity index (χ2v) is 7.09. The number of hydrogen-bond donors (Lipinski definition) is 3. The molecule has 4 heteroatoms. The van der Waals surface area contributed by atoms with E-state index in [0.29, 0.717) is 25.7 Å². The van der Waals surface area contributed by atoms with Gasteiger partial charge in [-0.3, -0.25) is 4.79 Å². The summed E-state index contributed by atoms with van der Waals surface area (Å²) in [7, 11) is 0. The molecule has 1 aromatic rings. The number of aliphatic hydroxyl groups is 2. The highest BCUT2D eigenvalue weighted by atomic mass is 16.3. The molecule has 0 fully saturated rings. The van der Waals surface area contributed by atoms with Crippen molar-refractivity contribution in [1.82, 2.24) is 0 Å². The number of carbonyl (C=O) groups excluding carboxylic acids is 1. The molecular formula is C21H35NO3.